The topological polar surface area (TPSA) is 91.8 Å². The van der Waals surface area contributed by atoms with E-state index in [0.29, 0.717) is 19.8 Å². The molecule has 0 saturated carbocycles. The van der Waals surface area contributed by atoms with E-state index in [1.807, 2.05) is 41.7 Å². The Balaban J connectivity index is 5.56. The van der Waals surface area contributed by atoms with Crippen molar-refractivity contribution in [3.63, 3.8) is 0 Å². The Morgan fingerprint density at radius 2 is 1.25 bits per heavy atom. The molecule has 0 aliphatic carbocycles. The van der Waals surface area contributed by atoms with Crippen molar-refractivity contribution in [3.8, 4) is 0 Å². The largest absolute Gasteiger partial charge is 0.377 e. The van der Waals surface area contributed by atoms with Crippen LogP contribution in [0.3, 0.4) is 0 Å². The van der Waals surface area contributed by atoms with Crippen LogP contribution in [0.2, 0.25) is 0 Å². The summed E-state index contributed by atoms with van der Waals surface area (Å²) in [5.41, 5.74) is 10.1. The van der Waals surface area contributed by atoms with Gasteiger partial charge >= 0.3 is 0 Å². The Kier molecular flexibility index (Phi) is 11.4. The molecule has 2 radical (unpaired) electrons. The number of rotatable bonds is 16. The monoisotopic (exact) mass is 455 g/mol. The highest BCUT2D eigenvalue weighted by Gasteiger charge is 2.43. The maximum Gasteiger partial charge on any atom is 0.0981 e. The zero-order chi connectivity index (χ0) is 25.6. The maximum atomic E-state index is 6.32. The van der Waals surface area contributed by atoms with E-state index in [9.17, 15) is 0 Å². The summed E-state index contributed by atoms with van der Waals surface area (Å²) in [6.45, 7) is 24.3. The predicted molar refractivity (Wildman–Crippen MR) is 137 cm³/mol. The molecule has 190 valence electrons. The number of likely N-dealkylation sites (N-methyl/N-ethyl adjacent to an activating group) is 1. The Bertz CT molecular complexity index is 554. The molecule has 3 unspecified atom stereocenters. The van der Waals surface area contributed by atoms with Crippen molar-refractivity contribution < 1.29 is 14.2 Å². The predicted octanol–water partition coefficient (Wildman–Crippen LogP) is 3.74. The van der Waals surface area contributed by atoms with Crippen molar-refractivity contribution in [1.29, 1.82) is 0 Å². The first-order valence-electron chi connectivity index (χ1n) is 12.0. The fourth-order valence-corrected chi connectivity index (χ4v) is 3.94. The maximum absolute atomic E-state index is 6.32. The van der Waals surface area contributed by atoms with Crippen LogP contribution in [-0.4, -0.2) is 68.5 Å². The number of hydrogen-bond donors (Lipinski definition) is 3. The van der Waals surface area contributed by atoms with E-state index in [2.05, 4.69) is 46.9 Å². The van der Waals surface area contributed by atoms with E-state index in [1.165, 1.54) is 0 Å². The average Bonchev–Trinajstić information content (AvgIpc) is 2.55. The molecule has 0 spiro atoms. The number of nitrogens with one attached hydrogen (secondary N) is 1. The first-order valence-corrected chi connectivity index (χ1v) is 12.0. The summed E-state index contributed by atoms with van der Waals surface area (Å²) in [4.78, 5) is 0. The lowest BCUT2D eigenvalue weighted by atomic mass is 9.69. The zero-order valence-corrected chi connectivity index (χ0v) is 23.3. The Morgan fingerprint density at radius 1 is 0.781 bits per heavy atom. The molecular formula is C25H54BN3O3. The molecule has 6 nitrogen and oxygen atoms in total. The average molecular weight is 456 g/mol. The van der Waals surface area contributed by atoms with Gasteiger partial charge in [0.05, 0.1) is 38.4 Å². The van der Waals surface area contributed by atoms with Gasteiger partial charge in [0.25, 0.3) is 0 Å². The van der Waals surface area contributed by atoms with Gasteiger partial charge < -0.3 is 31.0 Å². The van der Waals surface area contributed by atoms with Crippen molar-refractivity contribution in [3.05, 3.63) is 0 Å². The van der Waals surface area contributed by atoms with Gasteiger partial charge in [-0.3, -0.25) is 0 Å². The number of ether oxygens (including phenoxy) is 3. The summed E-state index contributed by atoms with van der Waals surface area (Å²) < 4.78 is 18.9. The summed E-state index contributed by atoms with van der Waals surface area (Å²) in [7, 11) is 8.09. The minimum Gasteiger partial charge on any atom is -0.377 e. The SMILES string of the molecule is [B]C(C)(COC(C)C(C)(CC(C)(C)OCCC(C)(C)N)CC(C)(C)OCC(C)(C)N)NC. The zero-order valence-electron chi connectivity index (χ0n) is 23.3. The van der Waals surface area contributed by atoms with Crippen LogP contribution in [0.4, 0.5) is 0 Å². The Morgan fingerprint density at radius 3 is 1.66 bits per heavy atom. The van der Waals surface area contributed by atoms with Crippen LogP contribution >= 0.6 is 0 Å². The van der Waals surface area contributed by atoms with Gasteiger partial charge in [0.2, 0.25) is 0 Å². The van der Waals surface area contributed by atoms with Crippen LogP contribution in [0.15, 0.2) is 0 Å². The van der Waals surface area contributed by atoms with Crippen molar-refractivity contribution in [2.24, 2.45) is 16.9 Å². The minimum atomic E-state index is -0.594. The van der Waals surface area contributed by atoms with Crippen molar-refractivity contribution in [2.45, 2.75) is 129 Å². The molecule has 0 aromatic carbocycles. The molecular weight excluding hydrogens is 401 g/mol. The second kappa shape index (κ2) is 11.5. The molecule has 32 heavy (non-hydrogen) atoms. The normalized spacial score (nSPS) is 18.8. The van der Waals surface area contributed by atoms with E-state index in [0.717, 1.165) is 19.3 Å². The van der Waals surface area contributed by atoms with Crippen LogP contribution in [-0.2, 0) is 14.2 Å². The summed E-state index contributed by atoms with van der Waals surface area (Å²) in [6, 6.07) is 0. The van der Waals surface area contributed by atoms with Crippen molar-refractivity contribution in [2.75, 3.05) is 26.9 Å². The third kappa shape index (κ3) is 14.2. The van der Waals surface area contributed by atoms with Gasteiger partial charge in [-0.1, -0.05) is 13.8 Å². The fourth-order valence-electron chi connectivity index (χ4n) is 3.94. The highest BCUT2D eigenvalue weighted by atomic mass is 16.5. The van der Waals surface area contributed by atoms with Crippen LogP contribution in [0.5, 0.6) is 0 Å². The number of nitrogens with two attached hydrogens (primary N) is 2. The van der Waals surface area contributed by atoms with Crippen LogP contribution in [0.25, 0.3) is 0 Å². The third-order valence-electron chi connectivity index (χ3n) is 5.92. The molecule has 0 aromatic heterocycles. The first kappa shape index (κ1) is 31.8. The molecule has 0 rings (SSSR count). The lowest BCUT2D eigenvalue weighted by Crippen LogP contribution is -2.50. The lowest BCUT2D eigenvalue weighted by molar-refractivity contribution is -0.134. The Hall–Kier alpha value is -0.175. The van der Waals surface area contributed by atoms with Crippen LogP contribution < -0.4 is 16.8 Å². The van der Waals surface area contributed by atoms with Gasteiger partial charge in [-0.15, -0.1) is 0 Å². The second-order valence-corrected chi connectivity index (χ2v) is 13.0. The quantitative estimate of drug-likeness (QED) is 0.307. The Labute approximate surface area is 200 Å². The van der Waals surface area contributed by atoms with E-state index in [4.69, 9.17) is 33.5 Å². The summed E-state index contributed by atoms with van der Waals surface area (Å²) in [6.07, 6.45) is 2.31. The highest BCUT2D eigenvalue weighted by molar-refractivity contribution is 6.15. The molecule has 0 aliphatic rings. The molecule has 0 fully saturated rings. The van der Waals surface area contributed by atoms with Gasteiger partial charge in [-0.2, -0.15) is 0 Å². The summed E-state index contributed by atoms with van der Waals surface area (Å²) >= 11 is 0. The number of hydrogen-bond acceptors (Lipinski definition) is 6. The lowest BCUT2D eigenvalue weighted by Gasteiger charge is -2.46. The third-order valence-corrected chi connectivity index (χ3v) is 5.92. The molecule has 0 saturated heterocycles. The van der Waals surface area contributed by atoms with E-state index in [1.54, 1.807) is 0 Å². The molecule has 0 aliphatic heterocycles. The molecule has 3 atom stereocenters. The van der Waals surface area contributed by atoms with Crippen LogP contribution in [0.1, 0.15) is 95.4 Å². The molecule has 0 amide bonds. The van der Waals surface area contributed by atoms with Gasteiger partial charge in [-0.25, -0.2) is 0 Å². The van der Waals surface area contributed by atoms with Gasteiger partial charge in [0, 0.05) is 17.7 Å². The van der Waals surface area contributed by atoms with Crippen molar-refractivity contribution >= 4 is 7.85 Å². The molecule has 0 aromatic rings. The fraction of sp³-hybridized carbons (Fsp3) is 1.00. The molecule has 5 N–H and O–H groups in total. The molecule has 0 heterocycles. The van der Waals surface area contributed by atoms with Gasteiger partial charge in [-0.05, 0) is 99.5 Å². The standard InChI is InChI=1S/C25H54BN3O3/c1-19(30-18-25(11,26)29-12)24(10,16-23(8,9)32-17-21(4,5)28)15-22(6,7)31-14-13-20(2,3)27/h19,29H,13-18,27-28H2,1-12H3. The van der Waals surface area contributed by atoms with E-state index >= 15 is 0 Å². The minimum absolute atomic E-state index is 0.0682. The van der Waals surface area contributed by atoms with Crippen LogP contribution in [0, 0.1) is 5.41 Å². The second-order valence-electron chi connectivity index (χ2n) is 13.0. The summed E-state index contributed by atoms with van der Waals surface area (Å²) in [5, 5.41) is 3.10. The van der Waals surface area contributed by atoms with E-state index in [-0.39, 0.29) is 33.8 Å². The van der Waals surface area contributed by atoms with Gasteiger partial charge in [0.15, 0.2) is 0 Å². The smallest absolute Gasteiger partial charge is 0.0981 e. The first-order chi connectivity index (χ1) is 14.0. The van der Waals surface area contributed by atoms with E-state index < -0.39 is 5.44 Å². The van der Waals surface area contributed by atoms with Crippen molar-refractivity contribution in [1.82, 2.24) is 5.32 Å². The molecule has 0 bridgehead atoms. The molecule has 7 heteroatoms. The van der Waals surface area contributed by atoms with Gasteiger partial charge in [0.1, 0.15) is 0 Å². The highest BCUT2D eigenvalue weighted by Crippen LogP contribution is 2.43. The summed E-state index contributed by atoms with van der Waals surface area (Å²) in [5.74, 6) is 0.